The number of para-hydroxylation sites is 1. The van der Waals surface area contributed by atoms with E-state index in [0.29, 0.717) is 36.3 Å². The maximum absolute atomic E-state index is 13.5. The highest BCUT2D eigenvalue weighted by Crippen LogP contribution is 2.12. The Morgan fingerprint density at radius 3 is 2.24 bits per heavy atom. The smallest absolute Gasteiger partial charge is 0.336 e. The number of amides is 2. The SMILES string of the molecule is COCCNC(=O)Cc1ccc(-n2c(=O)c3ccccc3n(CC(=O)NCc3ccccc3)c2=O)cc1. The lowest BCUT2D eigenvalue weighted by molar-refractivity contribution is -0.122. The molecule has 3 aromatic carbocycles. The van der Waals surface area contributed by atoms with Crippen LogP contribution in [0.4, 0.5) is 0 Å². The van der Waals surface area contributed by atoms with Crippen LogP contribution in [0.2, 0.25) is 0 Å². The van der Waals surface area contributed by atoms with E-state index in [0.717, 1.165) is 15.7 Å². The molecule has 0 bridgehead atoms. The Morgan fingerprint density at radius 2 is 1.51 bits per heavy atom. The molecule has 0 fully saturated rings. The molecule has 0 saturated heterocycles. The van der Waals surface area contributed by atoms with Gasteiger partial charge in [-0.3, -0.25) is 19.0 Å². The third-order valence-corrected chi connectivity index (χ3v) is 5.87. The van der Waals surface area contributed by atoms with Gasteiger partial charge in [0.2, 0.25) is 11.8 Å². The second-order valence-corrected chi connectivity index (χ2v) is 8.47. The zero-order valence-corrected chi connectivity index (χ0v) is 20.5. The van der Waals surface area contributed by atoms with E-state index in [-0.39, 0.29) is 24.8 Å². The summed E-state index contributed by atoms with van der Waals surface area (Å²) in [6.45, 7) is 0.920. The fourth-order valence-electron chi connectivity index (χ4n) is 4.00. The lowest BCUT2D eigenvalue weighted by Crippen LogP contribution is -2.41. The first-order chi connectivity index (χ1) is 18.0. The quantitative estimate of drug-likeness (QED) is 0.323. The summed E-state index contributed by atoms with van der Waals surface area (Å²) < 4.78 is 7.27. The molecule has 2 amide bonds. The van der Waals surface area contributed by atoms with Crippen molar-refractivity contribution in [2.75, 3.05) is 20.3 Å². The number of benzene rings is 3. The van der Waals surface area contributed by atoms with Crippen molar-refractivity contribution in [2.24, 2.45) is 0 Å². The molecule has 2 N–H and O–H groups in total. The molecule has 190 valence electrons. The van der Waals surface area contributed by atoms with Crippen LogP contribution < -0.4 is 21.9 Å². The highest BCUT2D eigenvalue weighted by Gasteiger charge is 2.16. The summed E-state index contributed by atoms with van der Waals surface area (Å²) >= 11 is 0. The van der Waals surface area contributed by atoms with Crippen LogP contribution in [0.3, 0.4) is 0 Å². The molecule has 0 aliphatic rings. The van der Waals surface area contributed by atoms with Gasteiger partial charge >= 0.3 is 5.69 Å². The van der Waals surface area contributed by atoms with Crippen molar-refractivity contribution in [3.63, 3.8) is 0 Å². The van der Waals surface area contributed by atoms with E-state index in [1.165, 1.54) is 4.57 Å². The van der Waals surface area contributed by atoms with Crippen LogP contribution in [0.1, 0.15) is 11.1 Å². The molecule has 4 aromatic rings. The molecule has 0 unspecified atom stereocenters. The van der Waals surface area contributed by atoms with Crippen LogP contribution in [0.25, 0.3) is 16.6 Å². The molecule has 37 heavy (non-hydrogen) atoms. The van der Waals surface area contributed by atoms with Crippen LogP contribution >= 0.6 is 0 Å². The van der Waals surface area contributed by atoms with Gasteiger partial charge in [0, 0.05) is 20.2 Å². The maximum atomic E-state index is 13.5. The van der Waals surface area contributed by atoms with E-state index in [9.17, 15) is 19.2 Å². The van der Waals surface area contributed by atoms with Gasteiger partial charge in [-0.15, -0.1) is 0 Å². The average molecular weight is 501 g/mol. The van der Waals surface area contributed by atoms with E-state index in [4.69, 9.17) is 4.74 Å². The summed E-state index contributed by atoms with van der Waals surface area (Å²) in [6.07, 6.45) is 0.155. The van der Waals surface area contributed by atoms with Crippen molar-refractivity contribution in [3.05, 3.63) is 111 Å². The minimum absolute atomic E-state index is 0.155. The highest BCUT2D eigenvalue weighted by atomic mass is 16.5. The van der Waals surface area contributed by atoms with E-state index in [1.54, 1.807) is 55.6 Å². The molecular weight excluding hydrogens is 472 g/mol. The van der Waals surface area contributed by atoms with Gasteiger partial charge in [0.05, 0.1) is 29.6 Å². The highest BCUT2D eigenvalue weighted by molar-refractivity contribution is 5.82. The third-order valence-electron chi connectivity index (χ3n) is 5.87. The predicted molar refractivity (Wildman–Crippen MR) is 141 cm³/mol. The number of ether oxygens (including phenoxy) is 1. The van der Waals surface area contributed by atoms with E-state index in [1.807, 2.05) is 30.3 Å². The Balaban J connectivity index is 1.61. The fourth-order valence-corrected chi connectivity index (χ4v) is 4.00. The monoisotopic (exact) mass is 500 g/mol. The molecule has 0 radical (unpaired) electrons. The molecule has 0 spiro atoms. The van der Waals surface area contributed by atoms with Crippen molar-refractivity contribution in [1.29, 1.82) is 0 Å². The van der Waals surface area contributed by atoms with Gasteiger partial charge in [-0.1, -0.05) is 54.6 Å². The van der Waals surface area contributed by atoms with Crippen molar-refractivity contribution >= 4 is 22.7 Å². The molecule has 0 atom stereocenters. The zero-order valence-electron chi connectivity index (χ0n) is 20.5. The van der Waals surface area contributed by atoms with E-state index >= 15 is 0 Å². The van der Waals surface area contributed by atoms with Gasteiger partial charge in [-0.2, -0.15) is 0 Å². The summed E-state index contributed by atoms with van der Waals surface area (Å²) in [4.78, 5) is 51.6. The second-order valence-electron chi connectivity index (χ2n) is 8.47. The predicted octanol–water partition coefficient (Wildman–Crippen LogP) is 1.77. The zero-order chi connectivity index (χ0) is 26.2. The Hall–Kier alpha value is -4.50. The molecule has 1 aromatic heterocycles. The first-order valence-electron chi connectivity index (χ1n) is 11.9. The Labute approximate surface area is 213 Å². The minimum atomic E-state index is -0.622. The lowest BCUT2D eigenvalue weighted by atomic mass is 10.1. The number of nitrogens with zero attached hydrogens (tertiary/aromatic N) is 2. The molecular formula is C28H28N4O5. The normalized spacial score (nSPS) is 10.8. The Morgan fingerprint density at radius 1 is 0.811 bits per heavy atom. The first kappa shape index (κ1) is 25.6. The van der Waals surface area contributed by atoms with Crippen LogP contribution in [-0.4, -0.2) is 41.2 Å². The number of methoxy groups -OCH3 is 1. The van der Waals surface area contributed by atoms with Gasteiger partial charge in [0.25, 0.3) is 5.56 Å². The Kier molecular flexibility index (Phi) is 8.27. The van der Waals surface area contributed by atoms with E-state index < -0.39 is 11.2 Å². The molecule has 9 heteroatoms. The van der Waals surface area contributed by atoms with Gasteiger partial charge in [-0.25, -0.2) is 9.36 Å². The number of carbonyl (C=O) groups is 2. The van der Waals surface area contributed by atoms with Crippen LogP contribution in [-0.2, 0) is 33.8 Å². The number of nitrogens with one attached hydrogen (secondary N) is 2. The summed E-state index contributed by atoms with van der Waals surface area (Å²) in [5.74, 6) is -0.507. The van der Waals surface area contributed by atoms with Crippen molar-refractivity contribution in [1.82, 2.24) is 19.8 Å². The van der Waals surface area contributed by atoms with Crippen LogP contribution in [0.5, 0.6) is 0 Å². The van der Waals surface area contributed by atoms with Crippen molar-refractivity contribution in [2.45, 2.75) is 19.5 Å². The summed E-state index contributed by atoms with van der Waals surface area (Å²) in [5.41, 5.74) is 1.30. The topological polar surface area (TPSA) is 111 Å². The average Bonchev–Trinajstić information content (AvgIpc) is 2.91. The van der Waals surface area contributed by atoms with Crippen molar-refractivity contribution in [3.8, 4) is 5.69 Å². The number of carbonyl (C=O) groups excluding carboxylic acids is 2. The molecule has 1 heterocycles. The largest absolute Gasteiger partial charge is 0.383 e. The van der Waals surface area contributed by atoms with Crippen molar-refractivity contribution < 1.29 is 14.3 Å². The van der Waals surface area contributed by atoms with Gasteiger partial charge < -0.3 is 15.4 Å². The third kappa shape index (κ3) is 6.20. The summed E-state index contributed by atoms with van der Waals surface area (Å²) in [5, 5.41) is 5.90. The number of aromatic nitrogens is 2. The number of fused-ring (bicyclic) bond motifs is 1. The Bertz CT molecular complexity index is 1510. The number of rotatable bonds is 10. The lowest BCUT2D eigenvalue weighted by Gasteiger charge is -2.14. The van der Waals surface area contributed by atoms with Gasteiger partial charge in [0.15, 0.2) is 0 Å². The fraction of sp³-hybridized carbons (Fsp3) is 0.214. The van der Waals surface area contributed by atoms with E-state index in [2.05, 4.69) is 10.6 Å². The maximum Gasteiger partial charge on any atom is 0.336 e. The van der Waals surface area contributed by atoms with Gasteiger partial charge in [-0.05, 0) is 35.4 Å². The van der Waals surface area contributed by atoms with Gasteiger partial charge in [0.1, 0.15) is 6.54 Å². The molecule has 0 aliphatic heterocycles. The standard InChI is InChI=1S/C28H28N4O5/c1-37-16-15-29-25(33)17-20-11-13-22(14-12-20)32-27(35)23-9-5-6-10-24(23)31(28(32)36)19-26(34)30-18-21-7-3-2-4-8-21/h2-14H,15-19H2,1H3,(H,29,33)(H,30,34). The number of hydrogen-bond donors (Lipinski definition) is 2. The van der Waals surface area contributed by atoms with Crippen LogP contribution in [0.15, 0.2) is 88.5 Å². The second kappa shape index (κ2) is 12.0. The molecule has 9 nitrogen and oxygen atoms in total. The molecule has 0 saturated carbocycles. The van der Waals surface area contributed by atoms with Crippen LogP contribution in [0, 0.1) is 0 Å². The molecule has 0 aliphatic carbocycles. The minimum Gasteiger partial charge on any atom is -0.383 e. The first-order valence-corrected chi connectivity index (χ1v) is 11.9. The number of hydrogen-bond acceptors (Lipinski definition) is 5. The summed E-state index contributed by atoms with van der Waals surface area (Å²) in [6, 6.07) is 22.8. The summed E-state index contributed by atoms with van der Waals surface area (Å²) in [7, 11) is 1.56. The molecule has 4 rings (SSSR count).